The van der Waals surface area contributed by atoms with Crippen molar-refractivity contribution in [2.24, 2.45) is 11.3 Å². The number of halogens is 1. The van der Waals surface area contributed by atoms with E-state index in [9.17, 15) is 24.0 Å². The Morgan fingerprint density at radius 2 is 1.53 bits per heavy atom. The van der Waals surface area contributed by atoms with Gasteiger partial charge >= 0.3 is 0 Å². The molecule has 6 heterocycles. The van der Waals surface area contributed by atoms with E-state index in [1.165, 1.54) is 12.8 Å². The Morgan fingerprint density at radius 3 is 2.20 bits per heavy atom. The van der Waals surface area contributed by atoms with Gasteiger partial charge in [-0.3, -0.25) is 39.1 Å². The van der Waals surface area contributed by atoms with Crippen LogP contribution in [0.25, 0.3) is 4.85 Å². The molecule has 5 amide bonds. The monoisotopic (exact) mass is 815 g/mol. The van der Waals surface area contributed by atoms with E-state index in [0.29, 0.717) is 38.9 Å². The van der Waals surface area contributed by atoms with Gasteiger partial charge in [0.05, 0.1) is 22.7 Å². The summed E-state index contributed by atoms with van der Waals surface area (Å²) < 4.78 is 6.28. The lowest BCUT2D eigenvalue weighted by Gasteiger charge is -2.60. The van der Waals surface area contributed by atoms with Gasteiger partial charge < -0.3 is 19.4 Å². The highest BCUT2D eigenvalue weighted by Gasteiger charge is 2.53. The maximum Gasteiger partial charge on any atom is 0.262 e. The molecule has 3 aromatic rings. The standard InChI is InChI=1S/C45H46ClN7O6/c1-47-38-11-9-33(21-37(38)46)59-34-18-31-6-7-32(19-34)52(31)42(56)28-2-4-29(5-3-28)50-16-14-49(15-17-50)24-27-22-45(23-27)25-51(26-45)30-8-10-35-36(20-30)44(58)53(43(35)57)39-12-13-40(54)48-41(39)55/h2-5,8-11,20-21,27,31-32,34,39H,6-7,12-19,22-26H2,(H,48,54,55). The number of nitrogens with zero attached hydrogens (tertiary/aromatic N) is 6. The number of carbonyl (C=O) groups is 5. The van der Waals surface area contributed by atoms with Crippen molar-refractivity contribution in [3.05, 3.63) is 93.8 Å². The SMILES string of the molecule is [C-]#[N+]c1ccc(OC2CC3CCC(C2)N3C(=O)c2ccc(N3CCN(CC4CC5(C4)CN(c4ccc6c(c4)C(=O)N(C4CCC(=O)NC4=O)C6=O)C5)CC3)cc2)cc1Cl. The molecule has 2 bridgehead atoms. The molecule has 7 aliphatic rings. The Morgan fingerprint density at radius 1 is 0.831 bits per heavy atom. The molecule has 1 spiro atoms. The van der Waals surface area contributed by atoms with Crippen LogP contribution in [-0.2, 0) is 9.59 Å². The van der Waals surface area contributed by atoms with Crippen molar-refractivity contribution in [1.29, 1.82) is 0 Å². The van der Waals surface area contributed by atoms with Gasteiger partial charge in [-0.25, -0.2) is 4.85 Å². The second-order valence-electron chi connectivity index (χ2n) is 17.7. The highest BCUT2D eigenvalue weighted by molar-refractivity contribution is 6.33. The predicted octanol–water partition coefficient (Wildman–Crippen LogP) is 5.55. The number of amides is 5. The molecule has 3 unspecified atom stereocenters. The van der Waals surface area contributed by atoms with E-state index in [4.69, 9.17) is 22.9 Å². The number of fused-ring (bicyclic) bond motifs is 3. The number of benzene rings is 3. The first-order valence-electron chi connectivity index (χ1n) is 20.9. The van der Waals surface area contributed by atoms with Crippen LogP contribution in [0.15, 0.2) is 60.7 Å². The average Bonchev–Trinajstić information content (AvgIpc) is 3.62. The number of piperazine rings is 1. The van der Waals surface area contributed by atoms with Gasteiger partial charge in [0, 0.05) is 99.5 Å². The molecule has 0 radical (unpaired) electrons. The van der Waals surface area contributed by atoms with E-state index in [1.807, 2.05) is 18.2 Å². The zero-order chi connectivity index (χ0) is 40.6. The third-order valence-electron chi connectivity index (χ3n) is 13.9. The Labute approximate surface area is 348 Å². The number of ether oxygens (including phenoxy) is 1. The van der Waals surface area contributed by atoms with Gasteiger partial charge in [-0.1, -0.05) is 17.7 Å². The van der Waals surface area contributed by atoms with Crippen LogP contribution < -0.4 is 19.9 Å². The number of hydrogen-bond donors (Lipinski definition) is 1. The summed E-state index contributed by atoms with van der Waals surface area (Å²) in [5.41, 5.74) is 4.15. The minimum Gasteiger partial charge on any atom is -0.490 e. The van der Waals surface area contributed by atoms with Crippen molar-refractivity contribution in [3.8, 4) is 5.75 Å². The molecule has 304 valence electrons. The van der Waals surface area contributed by atoms with Crippen LogP contribution >= 0.6 is 11.6 Å². The fourth-order valence-corrected chi connectivity index (χ4v) is 11.3. The molecule has 6 aliphatic heterocycles. The number of piperidine rings is 2. The third-order valence-corrected chi connectivity index (χ3v) is 14.2. The van der Waals surface area contributed by atoms with E-state index in [-0.39, 0.29) is 42.8 Å². The quantitative estimate of drug-likeness (QED) is 0.230. The summed E-state index contributed by atoms with van der Waals surface area (Å²) in [6.45, 7) is 14.1. The highest BCUT2D eigenvalue weighted by atomic mass is 35.5. The second kappa shape index (κ2) is 14.7. The fourth-order valence-electron chi connectivity index (χ4n) is 11.1. The molecule has 59 heavy (non-hydrogen) atoms. The van der Waals surface area contributed by atoms with Gasteiger partial charge in [-0.15, -0.1) is 0 Å². The van der Waals surface area contributed by atoms with Crippen molar-refractivity contribution in [3.63, 3.8) is 0 Å². The number of anilines is 2. The van der Waals surface area contributed by atoms with Crippen molar-refractivity contribution in [2.75, 3.05) is 55.6 Å². The molecule has 0 aromatic heterocycles. The molecule has 3 atom stereocenters. The van der Waals surface area contributed by atoms with E-state index >= 15 is 0 Å². The molecule has 1 saturated carbocycles. The maximum absolute atomic E-state index is 13.8. The van der Waals surface area contributed by atoms with Crippen molar-refractivity contribution in [1.82, 2.24) is 20.0 Å². The summed E-state index contributed by atoms with van der Waals surface area (Å²) in [7, 11) is 0. The van der Waals surface area contributed by atoms with Gasteiger partial charge in [-0.05, 0) is 92.6 Å². The van der Waals surface area contributed by atoms with Crippen molar-refractivity contribution >= 4 is 58.2 Å². The third kappa shape index (κ3) is 6.80. The largest absolute Gasteiger partial charge is 0.490 e. The maximum atomic E-state index is 13.8. The smallest absolute Gasteiger partial charge is 0.262 e. The Hall–Kier alpha value is -5.45. The molecule has 1 N–H and O–H groups in total. The number of rotatable bonds is 8. The van der Waals surface area contributed by atoms with Crippen LogP contribution in [-0.4, -0.2) is 114 Å². The van der Waals surface area contributed by atoms with Gasteiger partial charge in [-0.2, -0.15) is 0 Å². The van der Waals surface area contributed by atoms with E-state index in [2.05, 4.69) is 41.9 Å². The molecular weight excluding hydrogens is 770 g/mol. The van der Waals surface area contributed by atoms with Gasteiger partial charge in [0.15, 0.2) is 0 Å². The van der Waals surface area contributed by atoms with Gasteiger partial charge in [0.2, 0.25) is 17.5 Å². The highest BCUT2D eigenvalue weighted by Crippen LogP contribution is 2.53. The van der Waals surface area contributed by atoms with E-state index in [1.54, 1.807) is 30.3 Å². The number of imide groups is 2. The first-order chi connectivity index (χ1) is 28.5. The minimum absolute atomic E-state index is 0.00983. The van der Waals surface area contributed by atoms with Crippen LogP contribution in [0.1, 0.15) is 82.4 Å². The Bertz CT molecular complexity index is 2280. The first-order valence-corrected chi connectivity index (χ1v) is 21.3. The average molecular weight is 816 g/mol. The van der Waals surface area contributed by atoms with Crippen LogP contribution in [0, 0.1) is 17.9 Å². The normalized spacial score (nSPS) is 26.4. The Kier molecular flexibility index (Phi) is 9.40. The molecule has 6 fully saturated rings. The van der Waals surface area contributed by atoms with Crippen molar-refractivity contribution < 1.29 is 28.7 Å². The number of nitrogens with one attached hydrogen (secondary N) is 1. The topological polar surface area (TPSA) is 127 Å². The summed E-state index contributed by atoms with van der Waals surface area (Å²) in [5.74, 6) is -0.499. The van der Waals surface area contributed by atoms with Crippen molar-refractivity contribution in [2.45, 2.75) is 75.6 Å². The summed E-state index contributed by atoms with van der Waals surface area (Å²) >= 11 is 6.24. The lowest BCUT2D eigenvalue weighted by atomic mass is 9.57. The second-order valence-corrected chi connectivity index (χ2v) is 18.1. The zero-order valence-electron chi connectivity index (χ0n) is 32.8. The summed E-state index contributed by atoms with van der Waals surface area (Å²) in [5, 5.41) is 2.64. The lowest BCUT2D eigenvalue weighted by Crippen LogP contribution is -2.64. The first kappa shape index (κ1) is 37.8. The van der Waals surface area contributed by atoms with Crippen LogP contribution in [0.5, 0.6) is 5.75 Å². The molecule has 14 heteroatoms. The van der Waals surface area contributed by atoms with E-state index in [0.717, 1.165) is 93.3 Å². The van der Waals surface area contributed by atoms with Crippen LogP contribution in [0.2, 0.25) is 5.02 Å². The molecule has 10 rings (SSSR count). The molecule has 13 nitrogen and oxygen atoms in total. The predicted molar refractivity (Wildman–Crippen MR) is 220 cm³/mol. The molecule has 5 saturated heterocycles. The summed E-state index contributed by atoms with van der Waals surface area (Å²) in [6.07, 6.45) is 6.15. The van der Waals surface area contributed by atoms with Gasteiger partial charge in [0.1, 0.15) is 17.9 Å². The van der Waals surface area contributed by atoms with Crippen LogP contribution in [0.3, 0.4) is 0 Å². The number of carbonyl (C=O) groups excluding carboxylic acids is 5. The number of hydrogen-bond acceptors (Lipinski definition) is 9. The van der Waals surface area contributed by atoms with E-state index < -0.39 is 23.8 Å². The Balaban J connectivity index is 0.668. The summed E-state index contributed by atoms with van der Waals surface area (Å²) in [6, 6.07) is 18.1. The van der Waals surface area contributed by atoms with Crippen LogP contribution in [0.4, 0.5) is 17.1 Å². The minimum atomic E-state index is -0.961. The molecular formula is C45H46ClN7O6. The summed E-state index contributed by atoms with van der Waals surface area (Å²) in [4.78, 5) is 78.1. The molecule has 1 aliphatic carbocycles. The fraction of sp³-hybridized carbons (Fsp3) is 0.467. The molecule has 3 aromatic carbocycles. The lowest BCUT2D eigenvalue weighted by molar-refractivity contribution is -0.136. The zero-order valence-corrected chi connectivity index (χ0v) is 33.5. The van der Waals surface area contributed by atoms with Gasteiger partial charge in [0.25, 0.3) is 17.7 Å².